The number of aromatic nitrogens is 4. The van der Waals surface area contributed by atoms with Gasteiger partial charge < -0.3 is 20.3 Å². The van der Waals surface area contributed by atoms with E-state index in [1.165, 1.54) is 38.5 Å². The Morgan fingerprint density at radius 3 is 2.63 bits per heavy atom. The van der Waals surface area contributed by atoms with E-state index in [1.807, 2.05) is 0 Å². The van der Waals surface area contributed by atoms with Crippen molar-refractivity contribution in [2.75, 3.05) is 50.5 Å². The van der Waals surface area contributed by atoms with Crippen molar-refractivity contribution in [1.29, 1.82) is 0 Å². The van der Waals surface area contributed by atoms with Crippen LogP contribution >= 0.6 is 0 Å². The van der Waals surface area contributed by atoms with E-state index in [0.717, 1.165) is 44.4 Å². The van der Waals surface area contributed by atoms with Gasteiger partial charge in [0.05, 0.1) is 6.61 Å². The van der Waals surface area contributed by atoms with E-state index in [9.17, 15) is 0 Å². The number of ether oxygens (including phenoxy) is 1. The lowest BCUT2D eigenvalue weighted by molar-refractivity contribution is 0.117. The molecule has 0 bridgehead atoms. The zero-order valence-corrected chi connectivity index (χ0v) is 16.0. The van der Waals surface area contributed by atoms with E-state index >= 15 is 0 Å². The maximum Gasteiger partial charge on any atom is 0.245 e. The lowest BCUT2D eigenvalue weighted by Gasteiger charge is -2.32. The second kappa shape index (κ2) is 8.79. The lowest BCUT2D eigenvalue weighted by Crippen LogP contribution is -2.39. The highest BCUT2D eigenvalue weighted by Gasteiger charge is 2.22. The highest BCUT2D eigenvalue weighted by Crippen LogP contribution is 2.26. The quantitative estimate of drug-likeness (QED) is 0.718. The van der Waals surface area contributed by atoms with Crippen LogP contribution in [0, 0.1) is 5.92 Å². The van der Waals surface area contributed by atoms with Crippen LogP contribution in [0.2, 0.25) is 0 Å². The van der Waals surface area contributed by atoms with Gasteiger partial charge >= 0.3 is 0 Å². The van der Waals surface area contributed by atoms with Gasteiger partial charge in [0.2, 0.25) is 11.3 Å². The molecule has 1 aliphatic heterocycles. The van der Waals surface area contributed by atoms with Crippen LogP contribution in [-0.4, -0.2) is 71.1 Å². The molecule has 0 radical (unpaired) electrons. The van der Waals surface area contributed by atoms with Crippen LogP contribution in [0.25, 0.3) is 11.3 Å². The molecule has 2 N–H and O–H groups in total. The number of hydrogen-bond donors (Lipinski definition) is 2. The molecule has 9 heteroatoms. The van der Waals surface area contributed by atoms with Crippen LogP contribution in [0.3, 0.4) is 0 Å². The smallest absolute Gasteiger partial charge is 0.245 e. The van der Waals surface area contributed by atoms with Crippen LogP contribution in [0.4, 0.5) is 11.6 Å². The van der Waals surface area contributed by atoms with Crippen LogP contribution < -0.4 is 10.6 Å². The van der Waals surface area contributed by atoms with E-state index in [-0.39, 0.29) is 0 Å². The third kappa shape index (κ3) is 4.65. The summed E-state index contributed by atoms with van der Waals surface area (Å²) in [5.74, 6) is 2.10. The molecule has 148 valence electrons. The maximum atomic E-state index is 5.22. The van der Waals surface area contributed by atoms with Gasteiger partial charge in [-0.1, -0.05) is 12.8 Å². The number of rotatable bonds is 8. The third-order valence-corrected chi connectivity index (χ3v) is 5.58. The Labute approximate surface area is 159 Å². The molecule has 1 atom stereocenters. The van der Waals surface area contributed by atoms with Crippen molar-refractivity contribution in [2.45, 2.75) is 44.6 Å². The van der Waals surface area contributed by atoms with E-state index in [1.54, 1.807) is 7.11 Å². The number of methoxy groups -OCH3 is 1. The minimum atomic E-state index is 0.444. The first-order valence-electron chi connectivity index (χ1n) is 10.0. The average molecular weight is 375 g/mol. The van der Waals surface area contributed by atoms with Crippen molar-refractivity contribution in [3.8, 4) is 0 Å². The summed E-state index contributed by atoms with van der Waals surface area (Å²) in [5.41, 5.74) is 0.893. The van der Waals surface area contributed by atoms with E-state index in [0.29, 0.717) is 23.3 Å². The lowest BCUT2D eigenvalue weighted by atomic mass is 9.98. The van der Waals surface area contributed by atoms with Gasteiger partial charge in [-0.05, 0) is 48.5 Å². The molecule has 4 rings (SSSR count). The average Bonchev–Trinajstić information content (AvgIpc) is 3.36. The number of nitrogens with zero attached hydrogens (tertiary/aromatic N) is 5. The molecule has 0 amide bonds. The van der Waals surface area contributed by atoms with Gasteiger partial charge in [-0.25, -0.2) is 14.6 Å². The van der Waals surface area contributed by atoms with Crippen molar-refractivity contribution >= 4 is 22.9 Å². The largest absolute Gasteiger partial charge is 0.383 e. The summed E-state index contributed by atoms with van der Waals surface area (Å²) in [4.78, 5) is 11.7. The van der Waals surface area contributed by atoms with E-state index < -0.39 is 0 Å². The second-order valence-corrected chi connectivity index (χ2v) is 7.64. The Balaban J connectivity index is 1.42. The van der Waals surface area contributed by atoms with Crippen LogP contribution in [0.1, 0.15) is 38.5 Å². The number of nitrogens with one attached hydrogen (secondary N) is 2. The first-order valence-corrected chi connectivity index (χ1v) is 10.0. The molecule has 0 spiro atoms. The summed E-state index contributed by atoms with van der Waals surface area (Å²) < 4.78 is 10.0. The Morgan fingerprint density at radius 2 is 1.85 bits per heavy atom. The van der Waals surface area contributed by atoms with Gasteiger partial charge in [0.1, 0.15) is 0 Å². The van der Waals surface area contributed by atoms with Gasteiger partial charge in [0.15, 0.2) is 11.6 Å². The van der Waals surface area contributed by atoms with Crippen molar-refractivity contribution in [3.63, 3.8) is 0 Å². The summed E-state index contributed by atoms with van der Waals surface area (Å²) in [7, 11) is 1.76. The van der Waals surface area contributed by atoms with Crippen molar-refractivity contribution in [2.24, 2.45) is 5.92 Å². The number of hydrogen-bond acceptors (Lipinski definition) is 9. The highest BCUT2D eigenvalue weighted by molar-refractivity contribution is 5.73. The molecule has 2 aliphatic rings. The van der Waals surface area contributed by atoms with Crippen LogP contribution in [0.15, 0.2) is 4.63 Å². The SMILES string of the molecule is COCCN1CCCC(CNc2nc3nonc3nc2NC2CCCC2)C1. The summed E-state index contributed by atoms with van der Waals surface area (Å²) in [6.07, 6.45) is 7.33. The number of fused-ring (bicyclic) bond motifs is 1. The predicted molar refractivity (Wildman–Crippen MR) is 103 cm³/mol. The normalized spacial score (nSPS) is 21.7. The Bertz CT molecular complexity index is 732. The van der Waals surface area contributed by atoms with Crippen molar-refractivity contribution < 1.29 is 9.37 Å². The second-order valence-electron chi connectivity index (χ2n) is 7.64. The molecular formula is C18H29N7O2. The molecule has 1 unspecified atom stereocenters. The summed E-state index contributed by atoms with van der Waals surface area (Å²) in [6.45, 7) is 4.90. The maximum absolute atomic E-state index is 5.22. The number of piperidine rings is 1. The van der Waals surface area contributed by atoms with Gasteiger partial charge in [0, 0.05) is 32.8 Å². The third-order valence-electron chi connectivity index (χ3n) is 5.58. The summed E-state index contributed by atoms with van der Waals surface area (Å²) in [6, 6.07) is 0.455. The summed E-state index contributed by atoms with van der Waals surface area (Å²) in [5, 5.41) is 14.7. The Hall–Kier alpha value is -2.00. The number of likely N-dealkylation sites (tertiary alicyclic amines) is 1. The Morgan fingerprint density at radius 1 is 1.07 bits per heavy atom. The molecule has 3 heterocycles. The van der Waals surface area contributed by atoms with Gasteiger partial charge in [-0.2, -0.15) is 0 Å². The summed E-state index contributed by atoms with van der Waals surface area (Å²) >= 11 is 0. The first-order chi connectivity index (χ1) is 13.3. The van der Waals surface area contributed by atoms with Gasteiger partial charge in [0.25, 0.3) is 0 Å². The van der Waals surface area contributed by atoms with E-state index in [2.05, 4.69) is 35.8 Å². The Kier molecular flexibility index (Phi) is 5.98. The number of anilines is 2. The molecule has 1 aliphatic carbocycles. The molecule has 9 nitrogen and oxygen atoms in total. The van der Waals surface area contributed by atoms with Crippen molar-refractivity contribution in [1.82, 2.24) is 25.2 Å². The fraction of sp³-hybridized carbons (Fsp3) is 0.778. The van der Waals surface area contributed by atoms with Crippen molar-refractivity contribution in [3.05, 3.63) is 0 Å². The molecule has 27 heavy (non-hydrogen) atoms. The fourth-order valence-corrected chi connectivity index (χ4v) is 4.11. The highest BCUT2D eigenvalue weighted by atomic mass is 16.6. The van der Waals surface area contributed by atoms with Gasteiger partial charge in [-0.3, -0.25) is 0 Å². The fourth-order valence-electron chi connectivity index (χ4n) is 4.11. The molecule has 1 saturated carbocycles. The minimum absolute atomic E-state index is 0.444. The van der Waals surface area contributed by atoms with E-state index in [4.69, 9.17) is 9.37 Å². The first kappa shape index (κ1) is 18.4. The minimum Gasteiger partial charge on any atom is -0.383 e. The topological polar surface area (TPSA) is 101 Å². The molecule has 2 fully saturated rings. The zero-order chi connectivity index (χ0) is 18.5. The molecule has 0 aromatic carbocycles. The standard InChI is InChI=1S/C18H29N7O2/c1-26-10-9-25-8-4-5-13(12-25)11-19-15-16(20-14-6-2-3-7-14)22-18-17(21-15)23-27-24-18/h13-14H,2-12H2,1H3,(H,19,21,23)(H,20,22,24). The predicted octanol–water partition coefficient (Wildman–Crippen LogP) is 2.14. The molecule has 1 saturated heterocycles. The van der Waals surface area contributed by atoms with Gasteiger partial charge in [-0.15, -0.1) is 0 Å². The molecular weight excluding hydrogens is 346 g/mol. The molecule has 2 aromatic heterocycles. The molecule has 2 aromatic rings. The van der Waals surface area contributed by atoms with Crippen LogP contribution in [0.5, 0.6) is 0 Å². The zero-order valence-electron chi connectivity index (χ0n) is 16.0. The van der Waals surface area contributed by atoms with Crippen LogP contribution in [-0.2, 0) is 4.74 Å². The monoisotopic (exact) mass is 375 g/mol.